The van der Waals surface area contributed by atoms with Gasteiger partial charge < -0.3 is 0 Å². The number of rotatable bonds is 2. The second-order valence-corrected chi connectivity index (χ2v) is 6.27. The van der Waals surface area contributed by atoms with Gasteiger partial charge in [-0.3, -0.25) is 4.98 Å². The fraction of sp³-hybridized carbons (Fsp3) is 0.278. The van der Waals surface area contributed by atoms with Gasteiger partial charge in [0.05, 0.1) is 16.2 Å². The van der Waals surface area contributed by atoms with Gasteiger partial charge in [0.1, 0.15) is 5.52 Å². The van der Waals surface area contributed by atoms with Gasteiger partial charge in [0.15, 0.2) is 0 Å². The van der Waals surface area contributed by atoms with E-state index in [1.54, 1.807) is 6.20 Å². The molecule has 0 aliphatic heterocycles. The third-order valence-electron chi connectivity index (χ3n) is 4.09. The van der Waals surface area contributed by atoms with Crippen molar-refractivity contribution in [2.24, 2.45) is 5.92 Å². The van der Waals surface area contributed by atoms with Gasteiger partial charge in [-0.25, -0.2) is 4.68 Å². The van der Waals surface area contributed by atoms with E-state index in [2.05, 4.69) is 27.1 Å². The van der Waals surface area contributed by atoms with Crippen LogP contribution in [-0.2, 0) is 6.54 Å². The maximum atomic E-state index is 6.48. The summed E-state index contributed by atoms with van der Waals surface area (Å²) in [5, 5.41) is 9.04. The summed E-state index contributed by atoms with van der Waals surface area (Å²) >= 11 is 6.48. The largest absolute Gasteiger partial charge is 0.260 e. The van der Waals surface area contributed by atoms with Crippen LogP contribution >= 0.6 is 11.6 Å². The number of hydrogen-bond acceptors (Lipinski definition) is 3. The summed E-state index contributed by atoms with van der Waals surface area (Å²) < 4.78 is 1.95. The molecule has 0 unspecified atom stereocenters. The van der Waals surface area contributed by atoms with E-state index in [-0.39, 0.29) is 0 Å². The van der Waals surface area contributed by atoms with Crippen LogP contribution in [0.4, 0.5) is 0 Å². The topological polar surface area (TPSA) is 43.6 Å². The monoisotopic (exact) mass is 322 g/mol. The second-order valence-electron chi connectivity index (χ2n) is 5.90. The van der Waals surface area contributed by atoms with Crippen LogP contribution in [0.5, 0.6) is 0 Å². The van der Waals surface area contributed by atoms with Crippen molar-refractivity contribution in [3.8, 4) is 11.8 Å². The highest BCUT2D eigenvalue weighted by Crippen LogP contribution is 2.32. The highest BCUT2D eigenvalue weighted by Gasteiger charge is 2.23. The average Bonchev–Trinajstić information content (AvgIpc) is 3.27. The Morgan fingerprint density at radius 3 is 2.83 bits per heavy atom. The molecule has 114 valence electrons. The minimum atomic E-state index is 0.568. The number of aryl methyl sites for hydroxylation is 1. The first-order chi connectivity index (χ1) is 11.2. The third-order valence-corrected chi connectivity index (χ3v) is 4.48. The molecule has 1 saturated carbocycles. The summed E-state index contributed by atoms with van der Waals surface area (Å²) in [5.74, 6) is 7.00. The zero-order valence-corrected chi connectivity index (χ0v) is 13.5. The standard InChI is InChI=1S/C18H15ClN4/c1-12-14(3-2-10-20-12)6-7-15-8-9-16-18(17(15)19)21-22-23(16)11-13-4-5-13/h2-3,8-10,13H,4-5,11H2,1H3. The van der Waals surface area contributed by atoms with Crippen LogP contribution in [0.15, 0.2) is 30.5 Å². The average molecular weight is 323 g/mol. The number of benzene rings is 1. The predicted octanol–water partition coefficient (Wildman–Crippen LogP) is 3.60. The van der Waals surface area contributed by atoms with E-state index in [1.165, 1.54) is 12.8 Å². The normalized spacial score (nSPS) is 13.8. The molecule has 5 heteroatoms. The number of halogens is 1. The van der Waals surface area contributed by atoms with Crippen molar-refractivity contribution >= 4 is 22.6 Å². The van der Waals surface area contributed by atoms with Crippen LogP contribution in [0.1, 0.15) is 29.7 Å². The molecule has 0 bridgehead atoms. The molecule has 1 aromatic carbocycles. The second kappa shape index (κ2) is 5.68. The molecule has 0 N–H and O–H groups in total. The summed E-state index contributed by atoms with van der Waals surface area (Å²) in [6.45, 7) is 2.87. The van der Waals surface area contributed by atoms with Crippen LogP contribution in [0, 0.1) is 24.7 Å². The molecule has 2 aromatic heterocycles. The Hall–Kier alpha value is -2.38. The maximum Gasteiger partial charge on any atom is 0.133 e. The Bertz CT molecular complexity index is 945. The van der Waals surface area contributed by atoms with Crippen molar-refractivity contribution in [1.82, 2.24) is 20.0 Å². The molecule has 0 spiro atoms. The first-order valence-corrected chi connectivity index (χ1v) is 8.05. The SMILES string of the molecule is Cc1ncccc1C#Cc1ccc2c(nnn2CC2CC2)c1Cl. The molecule has 0 saturated heterocycles. The smallest absolute Gasteiger partial charge is 0.133 e. The van der Waals surface area contributed by atoms with Crippen molar-refractivity contribution in [2.75, 3.05) is 0 Å². The quantitative estimate of drug-likeness (QED) is 0.677. The van der Waals surface area contributed by atoms with Crippen LogP contribution in [-0.4, -0.2) is 20.0 Å². The van der Waals surface area contributed by atoms with Crippen molar-refractivity contribution in [3.63, 3.8) is 0 Å². The summed E-state index contributed by atoms with van der Waals surface area (Å²) in [5.41, 5.74) is 4.28. The molecule has 3 aromatic rings. The van der Waals surface area contributed by atoms with Gasteiger partial charge in [0.25, 0.3) is 0 Å². The molecule has 4 nitrogen and oxygen atoms in total. The van der Waals surface area contributed by atoms with Crippen molar-refractivity contribution in [3.05, 3.63) is 52.3 Å². The number of fused-ring (bicyclic) bond motifs is 1. The van der Waals surface area contributed by atoms with Crippen LogP contribution in [0.2, 0.25) is 5.02 Å². The molecule has 0 atom stereocenters. The van der Waals surface area contributed by atoms with E-state index in [0.29, 0.717) is 5.02 Å². The lowest BCUT2D eigenvalue weighted by atomic mass is 10.1. The Morgan fingerprint density at radius 2 is 2.04 bits per heavy atom. The third kappa shape index (κ3) is 2.80. The summed E-state index contributed by atoms with van der Waals surface area (Å²) in [4.78, 5) is 4.24. The van der Waals surface area contributed by atoms with Crippen LogP contribution in [0.25, 0.3) is 11.0 Å². The van der Waals surface area contributed by atoms with E-state index >= 15 is 0 Å². The summed E-state index contributed by atoms with van der Waals surface area (Å²) in [7, 11) is 0. The van der Waals surface area contributed by atoms with E-state index < -0.39 is 0 Å². The molecule has 4 rings (SSSR count). The number of pyridine rings is 1. The lowest BCUT2D eigenvalue weighted by Crippen LogP contribution is -2.01. The van der Waals surface area contributed by atoms with Gasteiger partial charge in [-0.1, -0.05) is 28.7 Å². The highest BCUT2D eigenvalue weighted by atomic mass is 35.5. The number of nitrogens with zero attached hydrogens (tertiary/aromatic N) is 4. The van der Waals surface area contributed by atoms with E-state index in [0.717, 1.165) is 40.3 Å². The minimum Gasteiger partial charge on any atom is -0.260 e. The first-order valence-electron chi connectivity index (χ1n) is 7.67. The lowest BCUT2D eigenvalue weighted by molar-refractivity contribution is 0.559. The zero-order chi connectivity index (χ0) is 15.8. The Balaban J connectivity index is 1.71. The van der Waals surface area contributed by atoms with Crippen LogP contribution < -0.4 is 0 Å². The van der Waals surface area contributed by atoms with Gasteiger partial charge in [-0.2, -0.15) is 0 Å². The number of hydrogen-bond donors (Lipinski definition) is 0. The highest BCUT2D eigenvalue weighted by molar-refractivity contribution is 6.36. The van der Waals surface area contributed by atoms with Gasteiger partial charge in [-0.15, -0.1) is 5.10 Å². The minimum absolute atomic E-state index is 0.568. The fourth-order valence-corrected chi connectivity index (χ4v) is 2.78. The van der Waals surface area contributed by atoms with Crippen molar-refractivity contribution < 1.29 is 0 Å². The van der Waals surface area contributed by atoms with E-state index in [4.69, 9.17) is 11.6 Å². The lowest BCUT2D eigenvalue weighted by Gasteiger charge is -2.01. The number of aromatic nitrogens is 4. The summed E-state index contributed by atoms with van der Waals surface area (Å²) in [6.07, 6.45) is 4.32. The van der Waals surface area contributed by atoms with E-state index in [1.807, 2.05) is 35.9 Å². The molecule has 1 aliphatic rings. The fourth-order valence-electron chi connectivity index (χ4n) is 2.53. The summed E-state index contributed by atoms with van der Waals surface area (Å²) in [6, 6.07) is 7.78. The molecule has 2 heterocycles. The first kappa shape index (κ1) is 14.2. The Morgan fingerprint density at radius 1 is 1.22 bits per heavy atom. The van der Waals surface area contributed by atoms with Crippen LogP contribution in [0.3, 0.4) is 0 Å². The zero-order valence-electron chi connectivity index (χ0n) is 12.8. The van der Waals surface area contributed by atoms with Gasteiger partial charge >= 0.3 is 0 Å². The molecule has 0 radical (unpaired) electrons. The molecular weight excluding hydrogens is 308 g/mol. The van der Waals surface area contributed by atoms with Crippen molar-refractivity contribution in [1.29, 1.82) is 0 Å². The van der Waals surface area contributed by atoms with Crippen molar-refractivity contribution in [2.45, 2.75) is 26.3 Å². The van der Waals surface area contributed by atoms with Gasteiger partial charge in [0.2, 0.25) is 0 Å². The molecular formula is C18H15ClN4. The van der Waals surface area contributed by atoms with Gasteiger partial charge in [0, 0.05) is 23.9 Å². The molecule has 0 amide bonds. The Labute approximate surface area is 139 Å². The molecule has 1 fully saturated rings. The predicted molar refractivity (Wildman–Crippen MR) is 90.2 cm³/mol. The molecule has 1 aliphatic carbocycles. The maximum absolute atomic E-state index is 6.48. The van der Waals surface area contributed by atoms with Gasteiger partial charge in [-0.05, 0) is 49.9 Å². The Kier molecular flexibility index (Phi) is 3.51. The van der Waals surface area contributed by atoms with E-state index in [9.17, 15) is 0 Å². The molecule has 23 heavy (non-hydrogen) atoms.